The van der Waals surface area contributed by atoms with Crippen LogP contribution in [0.15, 0.2) is 0 Å². The van der Waals surface area contributed by atoms with Crippen LogP contribution in [0.3, 0.4) is 0 Å². The van der Waals surface area contributed by atoms with Crippen LogP contribution in [0, 0.1) is 11.8 Å². The van der Waals surface area contributed by atoms with Crippen LogP contribution in [0.4, 0.5) is 0 Å². The molecule has 0 aliphatic carbocycles. The van der Waals surface area contributed by atoms with Crippen LogP contribution in [0.2, 0.25) is 0 Å². The van der Waals surface area contributed by atoms with Crippen molar-refractivity contribution < 1.29 is 38.4 Å². The van der Waals surface area contributed by atoms with Crippen molar-refractivity contribution in [2.24, 2.45) is 11.8 Å². The molecule has 8 nitrogen and oxygen atoms in total. The van der Waals surface area contributed by atoms with E-state index in [-0.39, 0.29) is 44.0 Å². The summed E-state index contributed by atoms with van der Waals surface area (Å²) >= 11 is 0. The minimum absolute atomic E-state index is 0.0299. The summed E-state index contributed by atoms with van der Waals surface area (Å²) in [5.41, 5.74) is 0. The van der Waals surface area contributed by atoms with Gasteiger partial charge >= 0.3 is 17.9 Å². The van der Waals surface area contributed by atoms with Crippen LogP contribution in [0.1, 0.15) is 40.5 Å². The highest BCUT2D eigenvalue weighted by atomic mass is 16.7. The molecule has 0 bridgehead atoms. The van der Waals surface area contributed by atoms with Gasteiger partial charge in [-0.25, -0.2) is 0 Å². The summed E-state index contributed by atoms with van der Waals surface area (Å²) in [5, 5.41) is 8.47. The SMILES string of the molecule is CC(=O)OC1[C@H](OCCC(=O)OCCC(=O)O)OC(C)[C@H](C)[C@@H]1C. The molecular weight excluding hydrogens is 320 g/mol. The first kappa shape index (κ1) is 20.4. The molecule has 1 rings (SSSR count). The van der Waals surface area contributed by atoms with Crippen molar-refractivity contribution in [3.05, 3.63) is 0 Å². The van der Waals surface area contributed by atoms with E-state index >= 15 is 0 Å². The summed E-state index contributed by atoms with van der Waals surface area (Å²) in [6.45, 7) is 7.08. The smallest absolute Gasteiger partial charge is 0.308 e. The molecule has 0 amide bonds. The molecule has 1 fully saturated rings. The monoisotopic (exact) mass is 346 g/mol. The maximum absolute atomic E-state index is 11.5. The predicted molar refractivity (Wildman–Crippen MR) is 82.0 cm³/mol. The fourth-order valence-electron chi connectivity index (χ4n) is 2.46. The number of hydrogen-bond acceptors (Lipinski definition) is 7. The van der Waals surface area contributed by atoms with Crippen molar-refractivity contribution in [3.8, 4) is 0 Å². The lowest BCUT2D eigenvalue weighted by molar-refractivity contribution is -0.271. The molecule has 0 aromatic carbocycles. The number of ether oxygens (including phenoxy) is 4. The largest absolute Gasteiger partial charge is 0.481 e. The third kappa shape index (κ3) is 6.45. The highest BCUT2D eigenvalue weighted by Crippen LogP contribution is 2.33. The summed E-state index contributed by atoms with van der Waals surface area (Å²) in [6.07, 6.45) is -1.64. The van der Waals surface area contributed by atoms with Crippen LogP contribution in [-0.2, 0) is 33.3 Å². The van der Waals surface area contributed by atoms with Crippen LogP contribution >= 0.6 is 0 Å². The number of esters is 2. The van der Waals surface area contributed by atoms with Gasteiger partial charge in [0.05, 0.1) is 25.6 Å². The first-order chi connectivity index (χ1) is 11.2. The van der Waals surface area contributed by atoms with Gasteiger partial charge in [-0.05, 0) is 12.8 Å². The Hall–Kier alpha value is -1.67. The zero-order valence-electron chi connectivity index (χ0n) is 14.5. The van der Waals surface area contributed by atoms with Crippen LogP contribution < -0.4 is 0 Å². The van der Waals surface area contributed by atoms with E-state index in [9.17, 15) is 14.4 Å². The minimum Gasteiger partial charge on any atom is -0.481 e. The average molecular weight is 346 g/mol. The minimum atomic E-state index is -1.03. The number of carboxylic acid groups (broad SMARTS) is 1. The molecule has 5 atom stereocenters. The molecule has 1 N–H and O–H groups in total. The molecule has 0 spiro atoms. The average Bonchev–Trinajstić information content (AvgIpc) is 2.48. The van der Waals surface area contributed by atoms with E-state index in [0.717, 1.165) is 0 Å². The van der Waals surface area contributed by atoms with Crippen molar-refractivity contribution in [2.75, 3.05) is 13.2 Å². The molecule has 1 saturated heterocycles. The van der Waals surface area contributed by atoms with Crippen molar-refractivity contribution in [1.29, 1.82) is 0 Å². The van der Waals surface area contributed by atoms with Crippen molar-refractivity contribution in [3.63, 3.8) is 0 Å². The van der Waals surface area contributed by atoms with Gasteiger partial charge in [0.25, 0.3) is 0 Å². The van der Waals surface area contributed by atoms with E-state index < -0.39 is 30.3 Å². The van der Waals surface area contributed by atoms with Crippen LogP contribution in [0.5, 0.6) is 0 Å². The summed E-state index contributed by atoms with van der Waals surface area (Å²) in [4.78, 5) is 33.1. The van der Waals surface area contributed by atoms with Gasteiger partial charge in [0.15, 0.2) is 12.4 Å². The number of carbonyl (C=O) groups excluding carboxylic acids is 2. The molecule has 8 heteroatoms. The predicted octanol–water partition coefficient (Wildman–Crippen LogP) is 1.36. The number of carbonyl (C=O) groups is 3. The second kappa shape index (κ2) is 9.58. The maximum Gasteiger partial charge on any atom is 0.308 e. The highest BCUT2D eigenvalue weighted by molar-refractivity contribution is 5.70. The van der Waals surface area contributed by atoms with E-state index in [0.29, 0.717) is 0 Å². The fraction of sp³-hybridized carbons (Fsp3) is 0.812. The molecule has 0 saturated carbocycles. The molecule has 2 unspecified atom stereocenters. The van der Waals surface area contributed by atoms with Crippen molar-refractivity contribution in [1.82, 2.24) is 0 Å². The molecule has 1 aliphatic heterocycles. The summed E-state index contributed by atoms with van der Waals surface area (Å²) in [6, 6.07) is 0. The molecule has 0 radical (unpaired) electrons. The first-order valence-electron chi connectivity index (χ1n) is 8.04. The summed E-state index contributed by atoms with van der Waals surface area (Å²) in [7, 11) is 0. The second-order valence-corrected chi connectivity index (χ2v) is 5.99. The second-order valence-electron chi connectivity index (χ2n) is 5.99. The lowest BCUT2D eigenvalue weighted by atomic mass is 9.84. The molecule has 1 heterocycles. The Morgan fingerprint density at radius 2 is 1.71 bits per heavy atom. The zero-order valence-corrected chi connectivity index (χ0v) is 14.5. The highest BCUT2D eigenvalue weighted by Gasteiger charge is 2.42. The molecule has 1 aliphatic rings. The van der Waals surface area contributed by atoms with Crippen molar-refractivity contribution >= 4 is 17.9 Å². The van der Waals surface area contributed by atoms with Gasteiger partial charge in [0, 0.05) is 12.8 Å². The lowest BCUT2D eigenvalue weighted by Crippen LogP contribution is -2.51. The Labute approximate surface area is 141 Å². The number of hydrogen-bond donors (Lipinski definition) is 1. The lowest BCUT2D eigenvalue weighted by Gasteiger charge is -2.42. The molecule has 24 heavy (non-hydrogen) atoms. The van der Waals surface area contributed by atoms with Gasteiger partial charge in [-0.2, -0.15) is 0 Å². The Balaban J connectivity index is 2.46. The molecule has 0 aromatic rings. The summed E-state index contributed by atoms with van der Waals surface area (Å²) < 4.78 is 21.4. The van der Waals surface area contributed by atoms with Gasteiger partial charge in [-0.1, -0.05) is 13.8 Å². The Morgan fingerprint density at radius 1 is 1.04 bits per heavy atom. The Bertz CT molecular complexity index is 449. The Kier molecular flexibility index (Phi) is 8.14. The third-order valence-corrected chi connectivity index (χ3v) is 4.17. The van der Waals surface area contributed by atoms with Crippen LogP contribution in [-0.4, -0.2) is 54.7 Å². The van der Waals surface area contributed by atoms with E-state index in [1.165, 1.54) is 6.92 Å². The summed E-state index contributed by atoms with van der Waals surface area (Å²) in [5.74, 6) is -1.76. The molecular formula is C16H26O8. The third-order valence-electron chi connectivity index (χ3n) is 4.17. The Morgan fingerprint density at radius 3 is 2.29 bits per heavy atom. The fourth-order valence-corrected chi connectivity index (χ4v) is 2.46. The normalized spacial score (nSPS) is 29.8. The standard InChI is InChI=1S/C16H26O8/c1-9-10(2)15(24-12(4)17)16(23-11(9)3)22-8-6-14(20)21-7-5-13(18)19/h9-11,15-16H,5-8H2,1-4H3,(H,18,19)/t9-,10+,11?,15?,16-/m1/s1. The van der Waals surface area contributed by atoms with Crippen molar-refractivity contribution in [2.45, 2.75) is 59.0 Å². The van der Waals surface area contributed by atoms with E-state index in [1.54, 1.807) is 0 Å². The van der Waals surface area contributed by atoms with Crippen LogP contribution in [0.25, 0.3) is 0 Å². The maximum atomic E-state index is 11.5. The zero-order chi connectivity index (χ0) is 18.3. The van der Waals surface area contributed by atoms with Gasteiger partial charge in [-0.3, -0.25) is 14.4 Å². The first-order valence-corrected chi connectivity index (χ1v) is 8.04. The number of rotatable bonds is 8. The van der Waals surface area contributed by atoms with Gasteiger partial charge in [0.1, 0.15) is 6.61 Å². The molecule has 0 aromatic heterocycles. The van der Waals surface area contributed by atoms with Gasteiger partial charge in [-0.15, -0.1) is 0 Å². The van der Waals surface area contributed by atoms with E-state index in [1.807, 2.05) is 20.8 Å². The number of aliphatic carboxylic acids is 1. The van der Waals surface area contributed by atoms with E-state index in [4.69, 9.17) is 24.1 Å². The number of carboxylic acids is 1. The molecule has 138 valence electrons. The van der Waals surface area contributed by atoms with E-state index in [2.05, 4.69) is 0 Å². The quantitative estimate of drug-likeness (QED) is 0.656. The van der Waals surface area contributed by atoms with Gasteiger partial charge in [0.2, 0.25) is 0 Å². The topological polar surface area (TPSA) is 108 Å². The van der Waals surface area contributed by atoms with Gasteiger partial charge < -0.3 is 24.1 Å².